The second-order valence-electron chi connectivity index (χ2n) is 3.83. The van der Waals surface area contributed by atoms with Crippen molar-refractivity contribution >= 4 is 16.7 Å². The summed E-state index contributed by atoms with van der Waals surface area (Å²) in [6.07, 6.45) is 1.83. The van der Waals surface area contributed by atoms with Gasteiger partial charge in [0, 0.05) is 12.1 Å². The lowest BCUT2D eigenvalue weighted by Gasteiger charge is -2.09. The highest BCUT2D eigenvalue weighted by atomic mass is 16.5. The fraction of sp³-hybridized carbons (Fsp3) is 0.364. The Bertz CT molecular complexity index is 488. The van der Waals surface area contributed by atoms with Crippen LogP contribution in [0.5, 0.6) is 5.75 Å². The van der Waals surface area contributed by atoms with Crippen molar-refractivity contribution in [3.05, 3.63) is 18.5 Å². The summed E-state index contributed by atoms with van der Waals surface area (Å²) in [5.41, 5.74) is 8.46. The highest BCUT2D eigenvalue weighted by Gasteiger charge is 2.09. The molecule has 15 heavy (non-hydrogen) atoms. The van der Waals surface area contributed by atoms with Gasteiger partial charge in [0.1, 0.15) is 5.75 Å². The van der Waals surface area contributed by atoms with Crippen LogP contribution in [-0.4, -0.2) is 16.7 Å². The molecule has 0 unspecified atom stereocenters. The first kappa shape index (κ1) is 9.83. The van der Waals surface area contributed by atoms with E-state index >= 15 is 0 Å². The van der Waals surface area contributed by atoms with E-state index < -0.39 is 0 Å². The number of anilines is 1. The Labute approximate surface area is 88.7 Å². The zero-order valence-corrected chi connectivity index (χ0v) is 9.19. The van der Waals surface area contributed by atoms with Crippen molar-refractivity contribution in [3.8, 4) is 5.75 Å². The number of rotatable bonds is 2. The number of nitrogen functional groups attached to an aromatic ring is 1. The van der Waals surface area contributed by atoms with Gasteiger partial charge in [0.2, 0.25) is 0 Å². The molecule has 80 valence electrons. The minimum Gasteiger partial charge on any atom is -0.495 e. The third-order valence-electron chi connectivity index (χ3n) is 2.48. The summed E-state index contributed by atoms with van der Waals surface area (Å²) in [5, 5.41) is 0. The van der Waals surface area contributed by atoms with Gasteiger partial charge in [-0.2, -0.15) is 0 Å². The van der Waals surface area contributed by atoms with Gasteiger partial charge >= 0.3 is 0 Å². The molecule has 0 spiro atoms. The van der Waals surface area contributed by atoms with E-state index in [2.05, 4.69) is 23.4 Å². The molecule has 0 aliphatic carbocycles. The molecule has 4 nitrogen and oxygen atoms in total. The van der Waals surface area contributed by atoms with E-state index in [1.807, 2.05) is 18.5 Å². The number of hydrogen-bond acceptors (Lipinski definition) is 3. The van der Waals surface area contributed by atoms with Gasteiger partial charge in [-0.15, -0.1) is 0 Å². The highest BCUT2D eigenvalue weighted by molar-refractivity contribution is 5.82. The minimum atomic E-state index is 0.378. The maximum Gasteiger partial charge on any atom is 0.144 e. The number of nitrogens with zero attached hydrogens (tertiary/aromatic N) is 2. The van der Waals surface area contributed by atoms with E-state index in [0.717, 1.165) is 11.0 Å². The molecule has 0 aliphatic rings. The van der Waals surface area contributed by atoms with Crippen molar-refractivity contribution in [1.82, 2.24) is 9.55 Å². The molecule has 4 heteroatoms. The predicted octanol–water partition coefficient (Wildman–Crippen LogP) is 2.21. The van der Waals surface area contributed by atoms with Gasteiger partial charge in [-0.1, -0.05) is 0 Å². The lowest BCUT2D eigenvalue weighted by Crippen LogP contribution is -1.99. The SMILES string of the molecule is COc1cc2ncn(C(C)C)c2cc1N. The first-order valence-electron chi connectivity index (χ1n) is 4.93. The average molecular weight is 205 g/mol. The molecular formula is C11H15N3O. The molecule has 1 aromatic heterocycles. The molecule has 2 N–H and O–H groups in total. The molecule has 0 amide bonds. The average Bonchev–Trinajstić information content (AvgIpc) is 2.59. The van der Waals surface area contributed by atoms with Crippen LogP contribution in [0.25, 0.3) is 11.0 Å². The molecule has 0 aliphatic heterocycles. The zero-order valence-electron chi connectivity index (χ0n) is 9.19. The van der Waals surface area contributed by atoms with Crippen molar-refractivity contribution in [1.29, 1.82) is 0 Å². The number of hydrogen-bond donors (Lipinski definition) is 1. The summed E-state index contributed by atoms with van der Waals surface area (Å²) >= 11 is 0. The third-order valence-corrected chi connectivity index (χ3v) is 2.48. The first-order valence-corrected chi connectivity index (χ1v) is 4.93. The van der Waals surface area contributed by atoms with Crippen molar-refractivity contribution in [2.75, 3.05) is 12.8 Å². The quantitative estimate of drug-likeness (QED) is 0.765. The number of aromatic nitrogens is 2. The van der Waals surface area contributed by atoms with Crippen LogP contribution in [0.1, 0.15) is 19.9 Å². The number of nitrogens with two attached hydrogens (primary N) is 1. The van der Waals surface area contributed by atoms with E-state index in [0.29, 0.717) is 17.5 Å². The fourth-order valence-electron chi connectivity index (χ4n) is 1.66. The van der Waals surface area contributed by atoms with Gasteiger partial charge in [0.15, 0.2) is 0 Å². The molecule has 0 saturated heterocycles. The highest BCUT2D eigenvalue weighted by Crippen LogP contribution is 2.28. The van der Waals surface area contributed by atoms with Crippen LogP contribution < -0.4 is 10.5 Å². The van der Waals surface area contributed by atoms with E-state index in [1.165, 1.54) is 0 Å². The lowest BCUT2D eigenvalue weighted by molar-refractivity contribution is 0.417. The minimum absolute atomic E-state index is 0.378. The third kappa shape index (κ3) is 1.52. The van der Waals surface area contributed by atoms with Crippen molar-refractivity contribution < 1.29 is 4.74 Å². The predicted molar refractivity (Wildman–Crippen MR) is 61.1 cm³/mol. The van der Waals surface area contributed by atoms with Gasteiger partial charge in [-0.05, 0) is 19.9 Å². The second kappa shape index (κ2) is 3.46. The van der Waals surface area contributed by atoms with Crippen LogP contribution in [0.15, 0.2) is 18.5 Å². The van der Waals surface area contributed by atoms with Gasteiger partial charge in [0.25, 0.3) is 0 Å². The Balaban J connectivity index is 2.68. The molecule has 1 heterocycles. The first-order chi connectivity index (χ1) is 7.13. The standard InChI is InChI=1S/C11H15N3O/c1-7(2)14-6-13-9-5-11(15-3)8(12)4-10(9)14/h4-7H,12H2,1-3H3. The topological polar surface area (TPSA) is 53.1 Å². The molecule has 0 fully saturated rings. The number of imidazole rings is 1. The largest absolute Gasteiger partial charge is 0.495 e. The summed E-state index contributed by atoms with van der Waals surface area (Å²) in [4.78, 5) is 4.32. The normalized spacial score (nSPS) is 11.2. The maximum absolute atomic E-state index is 5.86. The summed E-state index contributed by atoms with van der Waals surface area (Å²) in [7, 11) is 1.61. The number of ether oxygens (including phenoxy) is 1. The fourth-order valence-corrected chi connectivity index (χ4v) is 1.66. The molecule has 0 bridgehead atoms. The van der Waals surface area contributed by atoms with Crippen molar-refractivity contribution in [2.24, 2.45) is 0 Å². The van der Waals surface area contributed by atoms with Crippen LogP contribution in [0.3, 0.4) is 0 Å². The van der Waals surface area contributed by atoms with E-state index in [-0.39, 0.29) is 0 Å². The molecule has 2 rings (SSSR count). The smallest absolute Gasteiger partial charge is 0.144 e. The molecule has 0 radical (unpaired) electrons. The van der Waals surface area contributed by atoms with Crippen LogP contribution in [0, 0.1) is 0 Å². The van der Waals surface area contributed by atoms with Crippen molar-refractivity contribution in [3.63, 3.8) is 0 Å². The molecule has 0 saturated carbocycles. The summed E-state index contributed by atoms with van der Waals surface area (Å²) in [6.45, 7) is 4.23. The van der Waals surface area contributed by atoms with Crippen LogP contribution >= 0.6 is 0 Å². The zero-order chi connectivity index (χ0) is 11.0. The number of benzene rings is 1. The number of fused-ring (bicyclic) bond motifs is 1. The van der Waals surface area contributed by atoms with E-state index in [1.54, 1.807) is 7.11 Å². The van der Waals surface area contributed by atoms with E-state index in [9.17, 15) is 0 Å². The Morgan fingerprint density at radius 1 is 1.40 bits per heavy atom. The van der Waals surface area contributed by atoms with Crippen molar-refractivity contribution in [2.45, 2.75) is 19.9 Å². The Hall–Kier alpha value is -1.71. The monoisotopic (exact) mass is 205 g/mol. The van der Waals surface area contributed by atoms with Gasteiger partial charge in [0.05, 0.1) is 30.2 Å². The van der Waals surface area contributed by atoms with Gasteiger partial charge in [-0.25, -0.2) is 4.98 Å². The number of methoxy groups -OCH3 is 1. The second-order valence-corrected chi connectivity index (χ2v) is 3.83. The summed E-state index contributed by atoms with van der Waals surface area (Å²) in [5.74, 6) is 0.677. The molecule has 2 aromatic rings. The summed E-state index contributed by atoms with van der Waals surface area (Å²) < 4.78 is 7.24. The summed E-state index contributed by atoms with van der Waals surface area (Å²) in [6, 6.07) is 4.15. The molecule has 1 aromatic carbocycles. The molecular weight excluding hydrogens is 190 g/mol. The Kier molecular flexibility index (Phi) is 2.26. The van der Waals surface area contributed by atoms with E-state index in [4.69, 9.17) is 10.5 Å². The lowest BCUT2D eigenvalue weighted by atomic mass is 10.2. The van der Waals surface area contributed by atoms with Crippen LogP contribution in [-0.2, 0) is 0 Å². The van der Waals surface area contributed by atoms with Crippen LogP contribution in [0.2, 0.25) is 0 Å². The molecule has 0 atom stereocenters. The van der Waals surface area contributed by atoms with Gasteiger partial charge in [-0.3, -0.25) is 0 Å². The van der Waals surface area contributed by atoms with Crippen LogP contribution in [0.4, 0.5) is 5.69 Å². The maximum atomic E-state index is 5.86. The van der Waals surface area contributed by atoms with Gasteiger partial charge < -0.3 is 15.0 Å². The Morgan fingerprint density at radius 3 is 2.73 bits per heavy atom. The Morgan fingerprint density at radius 2 is 2.13 bits per heavy atom.